The highest BCUT2D eigenvalue weighted by molar-refractivity contribution is 5.88. The van der Waals surface area contributed by atoms with E-state index in [0.29, 0.717) is 13.0 Å². The van der Waals surface area contributed by atoms with Crippen molar-refractivity contribution in [3.8, 4) is 0 Å². The van der Waals surface area contributed by atoms with E-state index in [0.717, 1.165) is 68.0 Å². The van der Waals surface area contributed by atoms with Gasteiger partial charge in [0.1, 0.15) is 11.4 Å². The van der Waals surface area contributed by atoms with Crippen LogP contribution in [0.15, 0.2) is 42.5 Å². The molecule has 1 N–H and O–H groups in total. The van der Waals surface area contributed by atoms with Crippen molar-refractivity contribution in [1.82, 2.24) is 15.2 Å². The Morgan fingerprint density at radius 1 is 1.13 bits per heavy atom. The van der Waals surface area contributed by atoms with Gasteiger partial charge in [-0.25, -0.2) is 9.78 Å². The number of carbonyl (C=O) groups excluding carboxylic acids is 2. The van der Waals surface area contributed by atoms with Crippen molar-refractivity contribution < 1.29 is 19.1 Å². The normalized spacial score (nSPS) is 20.6. The topological polar surface area (TPSA) is 84.0 Å². The molecule has 0 saturated carbocycles. The second kappa shape index (κ2) is 11.8. The number of anilines is 1. The Morgan fingerprint density at radius 2 is 1.89 bits per heavy atom. The molecular weight excluding hydrogens is 480 g/mol. The fraction of sp³-hybridized carbons (Fsp3) is 0.567. The molecule has 2 aromatic rings. The maximum absolute atomic E-state index is 12.8. The molecule has 2 unspecified atom stereocenters. The number of nitrogens with one attached hydrogen (secondary N) is 1. The van der Waals surface area contributed by atoms with Gasteiger partial charge in [-0.1, -0.05) is 36.4 Å². The molecule has 0 aliphatic carbocycles. The van der Waals surface area contributed by atoms with Crippen LogP contribution in [0.2, 0.25) is 0 Å². The van der Waals surface area contributed by atoms with Gasteiger partial charge in [0.2, 0.25) is 0 Å². The quantitative estimate of drug-likeness (QED) is 0.505. The number of fused-ring (bicyclic) bond motifs is 1. The van der Waals surface area contributed by atoms with E-state index in [4.69, 9.17) is 14.5 Å². The van der Waals surface area contributed by atoms with Crippen LogP contribution in [0.25, 0.3) is 0 Å². The van der Waals surface area contributed by atoms with Gasteiger partial charge >= 0.3 is 12.1 Å². The van der Waals surface area contributed by atoms with Crippen LogP contribution in [0.3, 0.4) is 0 Å². The molecule has 0 spiro atoms. The van der Waals surface area contributed by atoms with Crippen molar-refractivity contribution in [2.45, 2.75) is 77.0 Å². The SMILES string of the molecule is COC(=O)CC(NC1(C)CCN(CCc2ccc3c(n2)N(C(=O)OC(C)(C)C)CCC3)C1)c1ccccc1. The molecule has 2 aliphatic heterocycles. The lowest BCUT2D eigenvalue weighted by Crippen LogP contribution is -2.47. The smallest absolute Gasteiger partial charge is 0.416 e. The van der Waals surface area contributed by atoms with E-state index in [1.807, 2.05) is 39.0 Å². The molecule has 1 aromatic carbocycles. The first-order chi connectivity index (χ1) is 18.0. The summed E-state index contributed by atoms with van der Waals surface area (Å²) in [7, 11) is 1.44. The third-order valence-corrected chi connectivity index (χ3v) is 7.27. The number of aryl methyl sites for hydroxylation is 1. The number of carbonyl (C=O) groups is 2. The van der Waals surface area contributed by atoms with Gasteiger partial charge in [0, 0.05) is 49.9 Å². The van der Waals surface area contributed by atoms with Crippen molar-refractivity contribution in [3.05, 3.63) is 59.3 Å². The van der Waals surface area contributed by atoms with Crippen LogP contribution in [-0.2, 0) is 27.1 Å². The maximum Gasteiger partial charge on any atom is 0.416 e. The summed E-state index contributed by atoms with van der Waals surface area (Å²) in [5.41, 5.74) is 2.50. The minimum absolute atomic E-state index is 0.102. The Labute approximate surface area is 226 Å². The molecule has 3 heterocycles. The Kier molecular flexibility index (Phi) is 8.73. The maximum atomic E-state index is 12.8. The van der Waals surface area contributed by atoms with Crippen LogP contribution in [0.1, 0.15) is 69.8 Å². The fourth-order valence-corrected chi connectivity index (χ4v) is 5.36. The van der Waals surface area contributed by atoms with E-state index in [-0.39, 0.29) is 23.6 Å². The Bertz CT molecular complexity index is 1120. The van der Waals surface area contributed by atoms with Crippen molar-refractivity contribution in [1.29, 1.82) is 0 Å². The molecule has 0 bridgehead atoms. The van der Waals surface area contributed by atoms with E-state index in [2.05, 4.69) is 41.4 Å². The molecule has 2 atom stereocenters. The number of aromatic nitrogens is 1. The third kappa shape index (κ3) is 7.32. The summed E-state index contributed by atoms with van der Waals surface area (Å²) in [6.45, 7) is 11.2. The van der Waals surface area contributed by atoms with Gasteiger partial charge in [-0.15, -0.1) is 0 Å². The lowest BCUT2D eigenvalue weighted by molar-refractivity contribution is -0.141. The summed E-state index contributed by atoms with van der Waals surface area (Å²) in [4.78, 5) is 34.0. The van der Waals surface area contributed by atoms with Gasteiger partial charge in [0.15, 0.2) is 0 Å². The van der Waals surface area contributed by atoms with E-state index < -0.39 is 5.60 Å². The standard InChI is InChI=1S/C30H42N4O4/c1-29(2,3)38-28(36)34-17-9-12-23-13-14-24(31-27(23)34)15-18-33-19-16-30(4,21-33)32-25(20-26(35)37-5)22-10-7-6-8-11-22/h6-8,10-11,13-14,25,32H,9,12,15-21H2,1-5H3. The Balaban J connectivity index is 1.38. The molecule has 1 aromatic heterocycles. The first-order valence-electron chi connectivity index (χ1n) is 13.7. The van der Waals surface area contributed by atoms with Crippen molar-refractivity contribution in [3.63, 3.8) is 0 Å². The van der Waals surface area contributed by atoms with Gasteiger partial charge in [-0.05, 0) is 64.2 Å². The lowest BCUT2D eigenvalue weighted by atomic mass is 9.95. The molecule has 1 amide bonds. The van der Waals surface area contributed by atoms with E-state index >= 15 is 0 Å². The van der Waals surface area contributed by atoms with Gasteiger partial charge < -0.3 is 19.7 Å². The van der Waals surface area contributed by atoms with Crippen LogP contribution in [0.4, 0.5) is 10.6 Å². The highest BCUT2D eigenvalue weighted by Crippen LogP contribution is 2.29. The lowest BCUT2D eigenvalue weighted by Gasteiger charge is -2.32. The van der Waals surface area contributed by atoms with E-state index in [9.17, 15) is 9.59 Å². The number of hydrogen-bond donors (Lipinski definition) is 1. The number of ether oxygens (including phenoxy) is 2. The predicted molar refractivity (Wildman–Crippen MR) is 148 cm³/mol. The largest absolute Gasteiger partial charge is 0.469 e. The number of likely N-dealkylation sites (tertiary alicyclic amines) is 1. The van der Waals surface area contributed by atoms with Gasteiger partial charge in [-0.3, -0.25) is 9.69 Å². The molecule has 2 aliphatic rings. The van der Waals surface area contributed by atoms with Crippen LogP contribution in [-0.4, -0.2) is 66.4 Å². The molecule has 0 radical (unpaired) electrons. The zero-order valence-corrected chi connectivity index (χ0v) is 23.5. The number of esters is 1. The number of hydrogen-bond acceptors (Lipinski definition) is 7. The number of nitrogens with zero attached hydrogens (tertiary/aromatic N) is 3. The van der Waals surface area contributed by atoms with E-state index in [1.54, 1.807) is 4.90 Å². The zero-order valence-electron chi connectivity index (χ0n) is 23.5. The summed E-state index contributed by atoms with van der Waals surface area (Å²) in [5, 5.41) is 3.76. The summed E-state index contributed by atoms with van der Waals surface area (Å²) in [6, 6.07) is 14.2. The molecule has 8 nitrogen and oxygen atoms in total. The highest BCUT2D eigenvalue weighted by atomic mass is 16.6. The summed E-state index contributed by atoms with van der Waals surface area (Å²) >= 11 is 0. The van der Waals surface area contributed by atoms with Crippen molar-refractivity contribution in [2.75, 3.05) is 38.2 Å². The van der Waals surface area contributed by atoms with Crippen molar-refractivity contribution in [2.24, 2.45) is 0 Å². The zero-order chi connectivity index (χ0) is 27.3. The highest BCUT2D eigenvalue weighted by Gasteiger charge is 2.36. The molecule has 38 heavy (non-hydrogen) atoms. The molecule has 1 fully saturated rings. The monoisotopic (exact) mass is 522 g/mol. The third-order valence-electron chi connectivity index (χ3n) is 7.27. The molecule has 1 saturated heterocycles. The summed E-state index contributed by atoms with van der Waals surface area (Å²) in [6.07, 6.45) is 3.59. The second-order valence-corrected chi connectivity index (χ2v) is 11.7. The Hall–Kier alpha value is -2.97. The Morgan fingerprint density at radius 3 is 2.61 bits per heavy atom. The average molecular weight is 523 g/mol. The first-order valence-corrected chi connectivity index (χ1v) is 13.7. The number of rotatable bonds is 8. The predicted octanol–water partition coefficient (Wildman–Crippen LogP) is 4.67. The number of amides is 1. The van der Waals surface area contributed by atoms with Gasteiger partial charge in [0.25, 0.3) is 0 Å². The number of methoxy groups -OCH3 is 1. The molecule has 206 valence electrons. The van der Waals surface area contributed by atoms with Crippen LogP contribution in [0.5, 0.6) is 0 Å². The summed E-state index contributed by atoms with van der Waals surface area (Å²) in [5.74, 6) is 0.521. The molecule has 8 heteroatoms. The first kappa shape index (κ1) is 28.0. The van der Waals surface area contributed by atoms with Crippen molar-refractivity contribution >= 4 is 17.9 Å². The minimum Gasteiger partial charge on any atom is -0.469 e. The second-order valence-electron chi connectivity index (χ2n) is 11.7. The fourth-order valence-electron chi connectivity index (χ4n) is 5.36. The number of pyridine rings is 1. The van der Waals surface area contributed by atoms with Crippen LogP contribution >= 0.6 is 0 Å². The summed E-state index contributed by atoms with van der Waals surface area (Å²) < 4.78 is 10.6. The van der Waals surface area contributed by atoms with Crippen LogP contribution in [0, 0.1) is 0 Å². The average Bonchev–Trinajstić information content (AvgIpc) is 3.26. The van der Waals surface area contributed by atoms with Gasteiger partial charge in [0.05, 0.1) is 13.5 Å². The van der Waals surface area contributed by atoms with E-state index in [1.165, 1.54) is 7.11 Å². The minimum atomic E-state index is -0.543. The molecule has 4 rings (SSSR count). The van der Waals surface area contributed by atoms with Crippen LogP contribution < -0.4 is 10.2 Å². The molecular formula is C30H42N4O4. The van der Waals surface area contributed by atoms with Gasteiger partial charge in [-0.2, -0.15) is 0 Å². The number of benzene rings is 1.